The molecule has 24 rings (SSSR count). The Morgan fingerprint density at radius 2 is 0.406 bits per heavy atom. The molecule has 0 radical (unpaired) electrons. The number of fused-ring (bicyclic) bond motifs is 7. The highest BCUT2D eigenvalue weighted by Crippen LogP contribution is 2.57. The molecule has 0 aliphatic rings. The lowest BCUT2D eigenvalue weighted by molar-refractivity contribution is 0.670. The summed E-state index contributed by atoms with van der Waals surface area (Å²) in [6, 6.07) is 193. The Balaban J connectivity index is 0.000000151. The molecule has 1 heterocycles. The maximum atomic E-state index is 6.98. The fourth-order valence-corrected chi connectivity index (χ4v) is 20.2. The van der Waals surface area contributed by atoms with E-state index in [0.717, 1.165) is 78.3 Å². The molecule has 0 amide bonds. The molecule has 0 spiro atoms. The summed E-state index contributed by atoms with van der Waals surface area (Å²) >= 11 is 0. The molecule has 624 valence electrons. The summed E-state index contributed by atoms with van der Waals surface area (Å²) in [5, 5.41) is 12.0. The van der Waals surface area contributed by atoms with Crippen molar-refractivity contribution in [3.63, 3.8) is 0 Å². The Bertz CT molecular complexity index is 8320. The van der Waals surface area contributed by atoms with Gasteiger partial charge in [0.05, 0.1) is 5.69 Å². The lowest BCUT2D eigenvalue weighted by atomic mass is 9.77. The van der Waals surface area contributed by atoms with Gasteiger partial charge >= 0.3 is 0 Å². The van der Waals surface area contributed by atoms with E-state index in [-0.39, 0.29) is 0 Å². The predicted octanol–water partition coefficient (Wildman–Crippen LogP) is 36.8. The van der Waals surface area contributed by atoms with Crippen LogP contribution in [0.15, 0.2) is 538 Å². The van der Waals surface area contributed by atoms with Crippen molar-refractivity contribution in [2.24, 2.45) is 0 Å². The molecule has 1 aromatic heterocycles. The van der Waals surface area contributed by atoms with Crippen molar-refractivity contribution in [2.75, 3.05) is 9.80 Å². The molecule has 0 unspecified atom stereocenters. The number of hydrogen-bond donors (Lipinski definition) is 0. The fraction of sp³-hybridized carbons (Fsp3) is 0. The molecule has 0 aliphatic heterocycles. The highest BCUT2D eigenvalue weighted by atomic mass is 16.3. The van der Waals surface area contributed by atoms with E-state index < -0.39 is 0 Å². The zero-order chi connectivity index (χ0) is 88.3. The first-order valence-electron chi connectivity index (χ1n) is 45.7. The van der Waals surface area contributed by atoms with Gasteiger partial charge in [-0.1, -0.05) is 467 Å². The van der Waals surface area contributed by atoms with Crippen LogP contribution in [0.2, 0.25) is 0 Å². The summed E-state index contributed by atoms with van der Waals surface area (Å²) in [5.74, 6) is 0. The lowest BCUT2D eigenvalue weighted by Crippen LogP contribution is -2.10. The summed E-state index contributed by atoms with van der Waals surface area (Å²) in [7, 11) is 0. The van der Waals surface area contributed by atoms with Crippen LogP contribution in [0.25, 0.3) is 199 Å². The Labute approximate surface area is 775 Å². The minimum Gasteiger partial charge on any atom is -0.453 e. The van der Waals surface area contributed by atoms with Gasteiger partial charge < -0.3 is 14.2 Å². The monoisotopic (exact) mass is 1690 g/mol. The average Bonchev–Trinajstić information content (AvgIpc) is 1.41. The molecule has 0 atom stereocenters. The average molecular weight is 1690 g/mol. The molecule has 23 aromatic carbocycles. The van der Waals surface area contributed by atoms with Crippen LogP contribution in [0.4, 0.5) is 34.1 Å². The van der Waals surface area contributed by atoms with Crippen LogP contribution in [0.1, 0.15) is 0 Å². The largest absolute Gasteiger partial charge is 0.453 e. The number of benzene rings is 23. The molecule has 3 nitrogen and oxygen atoms in total. The Hall–Kier alpha value is -17.5. The zero-order valence-corrected chi connectivity index (χ0v) is 73.1. The first kappa shape index (κ1) is 80.1. The molecule has 24 aromatic rings. The number of nitrogens with zero attached hydrogens (tertiary/aromatic N) is 2. The van der Waals surface area contributed by atoms with Gasteiger partial charge in [-0.25, -0.2) is 0 Å². The smallest absolute Gasteiger partial charge is 0.159 e. The quantitative estimate of drug-likeness (QED) is 0.0854. The third kappa shape index (κ3) is 15.1. The minimum atomic E-state index is 0.849. The molecular formula is C130H88N2O. The van der Waals surface area contributed by atoms with Gasteiger partial charge in [0, 0.05) is 44.8 Å². The zero-order valence-electron chi connectivity index (χ0n) is 73.1. The van der Waals surface area contributed by atoms with Crippen molar-refractivity contribution in [1.82, 2.24) is 0 Å². The maximum Gasteiger partial charge on any atom is 0.159 e. The van der Waals surface area contributed by atoms with Crippen LogP contribution in [-0.2, 0) is 0 Å². The van der Waals surface area contributed by atoms with E-state index in [1.165, 1.54) is 154 Å². The second-order valence-corrected chi connectivity index (χ2v) is 33.9. The van der Waals surface area contributed by atoms with Gasteiger partial charge in [0.1, 0.15) is 5.58 Å². The number of hydrogen-bond acceptors (Lipinski definition) is 3. The van der Waals surface area contributed by atoms with Crippen LogP contribution in [0, 0.1) is 0 Å². The van der Waals surface area contributed by atoms with E-state index in [1.807, 2.05) is 0 Å². The lowest BCUT2D eigenvalue weighted by Gasteiger charge is -2.27. The molecule has 133 heavy (non-hydrogen) atoms. The van der Waals surface area contributed by atoms with Gasteiger partial charge in [0.25, 0.3) is 0 Å². The summed E-state index contributed by atoms with van der Waals surface area (Å²) in [5.41, 5.74) is 36.6. The van der Waals surface area contributed by atoms with E-state index in [9.17, 15) is 0 Å². The van der Waals surface area contributed by atoms with Crippen LogP contribution < -0.4 is 9.80 Å². The van der Waals surface area contributed by atoms with E-state index in [0.29, 0.717) is 0 Å². The van der Waals surface area contributed by atoms with Gasteiger partial charge in [-0.3, -0.25) is 0 Å². The molecule has 0 saturated heterocycles. The van der Waals surface area contributed by atoms with Gasteiger partial charge in [0.2, 0.25) is 0 Å². The summed E-state index contributed by atoms with van der Waals surface area (Å²) in [6.07, 6.45) is 0. The molecule has 0 aliphatic carbocycles. The summed E-state index contributed by atoms with van der Waals surface area (Å²) in [4.78, 5) is 4.71. The normalized spacial score (nSPS) is 11.3. The molecule has 0 saturated carbocycles. The van der Waals surface area contributed by atoms with Crippen molar-refractivity contribution >= 4 is 99.2 Å². The second-order valence-electron chi connectivity index (χ2n) is 33.9. The van der Waals surface area contributed by atoms with Crippen molar-refractivity contribution in [3.8, 4) is 134 Å². The van der Waals surface area contributed by atoms with Crippen molar-refractivity contribution in [1.29, 1.82) is 0 Å². The van der Waals surface area contributed by atoms with Gasteiger partial charge in [0.15, 0.2) is 5.58 Å². The van der Waals surface area contributed by atoms with Gasteiger partial charge in [-0.2, -0.15) is 0 Å². The van der Waals surface area contributed by atoms with Gasteiger partial charge in [-0.05, 0) is 238 Å². The number of rotatable bonds is 18. The van der Waals surface area contributed by atoms with Crippen LogP contribution in [0.5, 0.6) is 0 Å². The highest BCUT2D eigenvalue weighted by molar-refractivity contribution is 6.24. The number of anilines is 6. The van der Waals surface area contributed by atoms with Crippen molar-refractivity contribution in [2.45, 2.75) is 0 Å². The Morgan fingerprint density at radius 1 is 0.135 bits per heavy atom. The van der Waals surface area contributed by atoms with Gasteiger partial charge in [-0.15, -0.1) is 0 Å². The second kappa shape index (κ2) is 35.6. The van der Waals surface area contributed by atoms with Crippen molar-refractivity contribution < 1.29 is 4.42 Å². The fourth-order valence-electron chi connectivity index (χ4n) is 20.2. The first-order chi connectivity index (χ1) is 66.1. The Kier molecular flexibility index (Phi) is 21.4. The van der Waals surface area contributed by atoms with E-state index >= 15 is 0 Å². The third-order valence-electron chi connectivity index (χ3n) is 26.1. The van der Waals surface area contributed by atoms with E-state index in [2.05, 4.69) is 544 Å². The molecular weight excluding hydrogens is 1610 g/mol. The number of para-hydroxylation sites is 3. The SMILES string of the molecule is c1ccc(-c2c(-c3ccccc3)c(-c3ccccc3)c3c(-c4ccc(N(c5ccc(-c6cccc7ccccc67)cc5)c5ccc6ccccc6c5)cc4)cccc3c2-c2ccccc2)cc1.c1ccc(-c2c(-c3ccccc3)c(-c3ccccc3)c3c(-c4ccc(N(c5ccccc5)c5cccc6c5oc5c(-c7ccccc7)cccc56)cc4)cccc3c2-c2ccccc2)cc1. The maximum absolute atomic E-state index is 6.98. The third-order valence-corrected chi connectivity index (χ3v) is 26.1. The molecule has 3 heteroatoms. The topological polar surface area (TPSA) is 19.6 Å². The molecule has 0 bridgehead atoms. The number of furan rings is 1. The van der Waals surface area contributed by atoms with Crippen LogP contribution in [0.3, 0.4) is 0 Å². The Morgan fingerprint density at radius 3 is 0.842 bits per heavy atom. The van der Waals surface area contributed by atoms with Crippen LogP contribution >= 0.6 is 0 Å². The minimum absolute atomic E-state index is 0.849. The van der Waals surface area contributed by atoms with E-state index in [4.69, 9.17) is 4.42 Å². The molecule has 0 fully saturated rings. The highest BCUT2D eigenvalue weighted by Gasteiger charge is 2.30. The summed E-state index contributed by atoms with van der Waals surface area (Å²) < 4.78 is 6.98. The van der Waals surface area contributed by atoms with Crippen molar-refractivity contribution in [3.05, 3.63) is 534 Å². The predicted molar refractivity (Wildman–Crippen MR) is 565 cm³/mol. The first-order valence-corrected chi connectivity index (χ1v) is 45.7. The standard InChI is InChI=1S/C66H45N.C64H43NO/c1-5-21-50(22-6-1)62-61-34-18-33-60(66(61)65(53-27-11-4-12-28-53)64(52-25-9-3-10-26-52)63(62)51-23-7-2-8-24-51)49-38-42-56(43-39-49)67(57-44-35-46-19-13-14-29-54(46)45-57)55-40-36-48(37-41-55)59-32-17-30-47-20-15-16-31-58(47)59;1-7-22-44(23-8-1)53-35-20-36-54-55-37-21-39-57(64(55)66-63(53)54)65(50-32-17-6-18-33-50)51-42-40-45(41-43-51)52-34-19-38-56-58(46-24-9-2-10-25-46)59(47-26-11-3-12-27-47)60(48-28-13-4-14-29-48)61(62(52)56)49-30-15-5-16-31-49/h1-45H;1-43H. The van der Waals surface area contributed by atoms with E-state index in [1.54, 1.807) is 0 Å². The summed E-state index contributed by atoms with van der Waals surface area (Å²) in [6.45, 7) is 0. The molecule has 0 N–H and O–H groups in total. The van der Waals surface area contributed by atoms with Crippen LogP contribution in [-0.4, -0.2) is 0 Å².